The Hall–Kier alpha value is -1.39. The van der Waals surface area contributed by atoms with Gasteiger partial charge in [0.25, 0.3) is 0 Å². The molecular formula is C12H14O4. The first-order valence-corrected chi connectivity index (χ1v) is 5.27. The Morgan fingerprint density at radius 1 is 1.50 bits per heavy atom. The summed E-state index contributed by atoms with van der Waals surface area (Å²) >= 11 is 0. The molecule has 1 heterocycles. The van der Waals surface area contributed by atoms with Gasteiger partial charge < -0.3 is 14.9 Å². The number of aliphatic hydroxyl groups is 1. The quantitative estimate of drug-likeness (QED) is 0.809. The molecule has 2 rings (SSSR count). The van der Waals surface area contributed by atoms with Crippen LogP contribution in [0.15, 0.2) is 24.3 Å². The average Bonchev–Trinajstić information content (AvgIpc) is 2.81. The molecule has 1 aromatic rings. The van der Waals surface area contributed by atoms with Crippen molar-refractivity contribution in [1.29, 1.82) is 0 Å². The molecule has 16 heavy (non-hydrogen) atoms. The molecule has 0 radical (unpaired) electrons. The second-order valence-corrected chi connectivity index (χ2v) is 3.97. The van der Waals surface area contributed by atoms with Gasteiger partial charge in [-0.3, -0.25) is 0 Å². The third-order valence-corrected chi connectivity index (χ3v) is 2.86. The minimum absolute atomic E-state index is 0.320. The van der Waals surface area contributed by atoms with E-state index in [1.807, 2.05) is 6.07 Å². The molecule has 1 aliphatic rings. The Bertz CT molecular complexity index is 382. The predicted molar refractivity (Wildman–Crippen MR) is 57.2 cm³/mol. The Morgan fingerprint density at radius 2 is 2.31 bits per heavy atom. The maximum Gasteiger partial charge on any atom is 0.337 e. The van der Waals surface area contributed by atoms with E-state index in [4.69, 9.17) is 9.84 Å². The predicted octanol–water partition coefficient (Wildman–Crippen LogP) is 1.31. The highest BCUT2D eigenvalue weighted by atomic mass is 16.5. The van der Waals surface area contributed by atoms with Crippen LogP contribution in [0.2, 0.25) is 0 Å². The topological polar surface area (TPSA) is 66.8 Å². The Balaban J connectivity index is 2.21. The van der Waals surface area contributed by atoms with Crippen molar-refractivity contribution >= 4 is 5.97 Å². The Morgan fingerprint density at radius 3 is 2.94 bits per heavy atom. The van der Waals surface area contributed by atoms with Gasteiger partial charge in [0, 0.05) is 12.5 Å². The average molecular weight is 222 g/mol. The normalized spacial score (nSPS) is 21.9. The van der Waals surface area contributed by atoms with E-state index in [-0.39, 0.29) is 0 Å². The molecule has 2 N–H and O–H groups in total. The molecule has 0 saturated carbocycles. The number of hydrogen-bond acceptors (Lipinski definition) is 3. The first kappa shape index (κ1) is 11.1. The van der Waals surface area contributed by atoms with Crippen LogP contribution in [0.3, 0.4) is 0 Å². The van der Waals surface area contributed by atoms with Crippen LogP contribution in [0.25, 0.3) is 0 Å². The number of ether oxygens (including phenoxy) is 1. The van der Waals surface area contributed by atoms with Gasteiger partial charge in [0.1, 0.15) is 0 Å². The van der Waals surface area contributed by atoms with Crippen LogP contribution in [0.1, 0.15) is 29.6 Å². The van der Waals surface area contributed by atoms with Gasteiger partial charge in [-0.25, -0.2) is 4.79 Å². The number of benzene rings is 1. The molecule has 0 bridgehead atoms. The summed E-state index contributed by atoms with van der Waals surface area (Å²) < 4.78 is 5.28. The van der Waals surface area contributed by atoms with Gasteiger partial charge in [-0.1, -0.05) is 24.3 Å². The zero-order valence-corrected chi connectivity index (χ0v) is 8.80. The monoisotopic (exact) mass is 222 g/mol. The lowest BCUT2D eigenvalue weighted by molar-refractivity contribution is -0.146. The molecule has 0 spiro atoms. The summed E-state index contributed by atoms with van der Waals surface area (Å²) in [5, 5.41) is 18.2. The first-order valence-electron chi connectivity index (χ1n) is 5.27. The summed E-state index contributed by atoms with van der Waals surface area (Å²) in [5.41, 5.74) is 1.47. The third-order valence-electron chi connectivity index (χ3n) is 2.86. The summed E-state index contributed by atoms with van der Waals surface area (Å²) in [6.07, 6.45) is -0.491. The van der Waals surface area contributed by atoms with E-state index in [9.17, 15) is 9.90 Å². The van der Waals surface area contributed by atoms with E-state index < -0.39 is 12.1 Å². The number of rotatable bonds is 3. The summed E-state index contributed by atoms with van der Waals surface area (Å²) in [5.74, 6) is -0.902. The molecule has 4 heteroatoms. The number of aliphatic hydroxyl groups excluding tert-OH is 1. The smallest absolute Gasteiger partial charge is 0.337 e. The molecule has 86 valence electrons. The van der Waals surface area contributed by atoms with E-state index in [1.54, 1.807) is 18.2 Å². The lowest BCUT2D eigenvalue weighted by atomic mass is 9.95. The summed E-state index contributed by atoms with van der Waals surface area (Å²) in [7, 11) is 0. The van der Waals surface area contributed by atoms with Gasteiger partial charge in [0.15, 0.2) is 6.10 Å². The van der Waals surface area contributed by atoms with Crippen molar-refractivity contribution in [2.24, 2.45) is 0 Å². The van der Waals surface area contributed by atoms with E-state index in [1.165, 1.54) is 0 Å². The number of carbonyl (C=O) groups is 1. The van der Waals surface area contributed by atoms with Crippen LogP contribution in [-0.4, -0.2) is 29.4 Å². The highest BCUT2D eigenvalue weighted by Crippen LogP contribution is 2.27. The lowest BCUT2D eigenvalue weighted by Gasteiger charge is -2.11. The Kier molecular flexibility index (Phi) is 3.22. The minimum atomic E-state index is -1.44. The van der Waals surface area contributed by atoms with Crippen LogP contribution >= 0.6 is 0 Å². The van der Waals surface area contributed by atoms with Crippen LogP contribution < -0.4 is 0 Å². The summed E-state index contributed by atoms with van der Waals surface area (Å²) in [6, 6.07) is 7.09. The third kappa shape index (κ3) is 2.23. The van der Waals surface area contributed by atoms with Crippen molar-refractivity contribution in [3.63, 3.8) is 0 Å². The standard InChI is InChI=1S/C12H14O4/c13-11(12(14)15)9-3-1-2-8(6-9)10-4-5-16-7-10/h1-3,6,10-11,13H,4-5,7H2,(H,14,15). The first-order chi connectivity index (χ1) is 7.68. The molecule has 1 saturated heterocycles. The van der Waals surface area contributed by atoms with Crippen LogP contribution in [0.4, 0.5) is 0 Å². The van der Waals surface area contributed by atoms with Crippen molar-refractivity contribution in [3.05, 3.63) is 35.4 Å². The molecule has 4 nitrogen and oxygen atoms in total. The molecule has 1 aromatic carbocycles. The SMILES string of the molecule is O=C(O)C(O)c1cccc(C2CCOC2)c1. The van der Waals surface area contributed by atoms with E-state index in [0.717, 1.165) is 18.6 Å². The Labute approximate surface area is 93.5 Å². The maximum absolute atomic E-state index is 10.7. The van der Waals surface area contributed by atoms with Crippen LogP contribution in [0, 0.1) is 0 Å². The molecule has 2 unspecified atom stereocenters. The molecule has 2 atom stereocenters. The van der Waals surface area contributed by atoms with E-state index in [2.05, 4.69) is 0 Å². The van der Waals surface area contributed by atoms with Gasteiger partial charge in [-0.2, -0.15) is 0 Å². The maximum atomic E-state index is 10.7. The largest absolute Gasteiger partial charge is 0.479 e. The van der Waals surface area contributed by atoms with E-state index >= 15 is 0 Å². The number of aliphatic carboxylic acids is 1. The van der Waals surface area contributed by atoms with Crippen molar-refractivity contribution < 1.29 is 19.7 Å². The van der Waals surface area contributed by atoms with Gasteiger partial charge in [-0.15, -0.1) is 0 Å². The zero-order chi connectivity index (χ0) is 11.5. The fourth-order valence-electron chi connectivity index (χ4n) is 1.92. The molecule has 1 aliphatic heterocycles. The highest BCUT2D eigenvalue weighted by molar-refractivity contribution is 5.74. The fourth-order valence-corrected chi connectivity index (χ4v) is 1.92. The molecule has 0 amide bonds. The summed E-state index contributed by atoms with van der Waals surface area (Å²) in [6.45, 7) is 1.42. The molecule has 1 fully saturated rings. The van der Waals surface area contributed by atoms with Crippen molar-refractivity contribution in [2.75, 3.05) is 13.2 Å². The van der Waals surface area contributed by atoms with Crippen LogP contribution in [-0.2, 0) is 9.53 Å². The lowest BCUT2D eigenvalue weighted by Crippen LogP contribution is -2.11. The fraction of sp³-hybridized carbons (Fsp3) is 0.417. The van der Waals surface area contributed by atoms with Crippen molar-refractivity contribution in [2.45, 2.75) is 18.4 Å². The molecule has 0 aromatic heterocycles. The molecular weight excluding hydrogens is 208 g/mol. The van der Waals surface area contributed by atoms with Gasteiger partial charge in [0.05, 0.1) is 6.61 Å². The van der Waals surface area contributed by atoms with Crippen molar-refractivity contribution in [3.8, 4) is 0 Å². The van der Waals surface area contributed by atoms with Gasteiger partial charge in [0.2, 0.25) is 0 Å². The number of carboxylic acid groups (broad SMARTS) is 1. The summed E-state index contributed by atoms with van der Waals surface area (Å²) in [4.78, 5) is 10.7. The van der Waals surface area contributed by atoms with Gasteiger partial charge in [-0.05, 0) is 17.5 Å². The van der Waals surface area contributed by atoms with Crippen molar-refractivity contribution in [1.82, 2.24) is 0 Å². The number of carboxylic acids is 1. The van der Waals surface area contributed by atoms with Gasteiger partial charge >= 0.3 is 5.97 Å². The molecule has 0 aliphatic carbocycles. The minimum Gasteiger partial charge on any atom is -0.479 e. The zero-order valence-electron chi connectivity index (χ0n) is 8.80. The second kappa shape index (κ2) is 4.63. The highest BCUT2D eigenvalue weighted by Gasteiger charge is 2.20. The van der Waals surface area contributed by atoms with E-state index in [0.29, 0.717) is 18.1 Å². The number of hydrogen-bond donors (Lipinski definition) is 2. The van der Waals surface area contributed by atoms with Crippen LogP contribution in [0.5, 0.6) is 0 Å². The second-order valence-electron chi connectivity index (χ2n) is 3.97.